The summed E-state index contributed by atoms with van der Waals surface area (Å²) in [6.07, 6.45) is -4.77. The van der Waals surface area contributed by atoms with E-state index in [2.05, 4.69) is 20.8 Å². The second-order valence-electron chi connectivity index (χ2n) is 20.5. The van der Waals surface area contributed by atoms with Crippen LogP contribution in [-0.4, -0.2) is 147 Å². The SMILES string of the molecule is CO[C@@H]1O[C@H](C=C(C)C)[C@@H](O)[C@@H]1[C@H]1CC[C@@]2(C)[C@@H]3CCC4[C@@](C)(CO)C(O[C@@H]5O[C@H](CO[C@@H]6O[C@@H](C)[C@H](O)[C@@H](O)[C@H]6O)[C@@H](O)[C@H](O)[C@H]5O)CC[C@@]45C[C@@]35CC[C@]12C. The molecule has 0 aromatic heterocycles. The molecule has 0 amide bonds. The highest BCUT2D eigenvalue weighted by atomic mass is 16.7. The quantitative estimate of drug-likeness (QED) is 0.123. The van der Waals surface area contributed by atoms with Crippen LogP contribution in [0.25, 0.3) is 0 Å². The Kier molecular flexibility index (Phi) is 11.2. The van der Waals surface area contributed by atoms with Crippen LogP contribution in [0.15, 0.2) is 11.6 Å². The van der Waals surface area contributed by atoms with E-state index in [9.17, 15) is 40.9 Å². The fraction of sp³-hybridized carbons (Fsp3) is 0.953. The molecular weight excluding hydrogens is 740 g/mol. The molecule has 14 nitrogen and oxygen atoms in total. The van der Waals surface area contributed by atoms with E-state index in [0.29, 0.717) is 12.3 Å². The zero-order chi connectivity index (χ0) is 41.2. The standard InChI is InChI=1S/C43H70O14/c1-20(2)16-23-30(46)28(36(52-7)55-23)22-10-12-41(6)26-9-8-25-39(4,19-44)27(11-13-42(25)18-43(26,42)15-14-40(22,41)5)57-38-35(51)33(49)31(47)24(56-38)17-53-37-34(50)32(48)29(45)21(3)54-37/h16,21-38,44-51H,8-15,17-19H2,1-7H3/t21-,22+,23+,24+,25?,26-,27?,28-,29-,30+,31+,32+,33-,34+,35+,36+,37+,38-,39+,40+,41-,42+,43-/m0/s1. The third-order valence-corrected chi connectivity index (χ3v) is 18.0. The molecule has 14 heteroatoms. The van der Waals surface area contributed by atoms with Gasteiger partial charge in [0.15, 0.2) is 18.9 Å². The van der Waals surface area contributed by atoms with Gasteiger partial charge in [-0.1, -0.05) is 32.4 Å². The van der Waals surface area contributed by atoms with Gasteiger partial charge in [0.05, 0.1) is 31.5 Å². The van der Waals surface area contributed by atoms with E-state index < -0.39 is 85.3 Å². The Morgan fingerprint density at radius 3 is 2.04 bits per heavy atom. The first-order valence-corrected chi connectivity index (χ1v) is 21.6. The highest BCUT2D eigenvalue weighted by Gasteiger charge is 2.83. The number of hydrogen-bond acceptors (Lipinski definition) is 14. The van der Waals surface area contributed by atoms with Crippen LogP contribution >= 0.6 is 0 Å². The maximum atomic E-state index is 11.7. The molecular formula is C43H70O14. The third kappa shape index (κ3) is 6.16. The van der Waals surface area contributed by atoms with Crippen LogP contribution in [0.1, 0.15) is 99.3 Å². The number of methoxy groups -OCH3 is 1. The minimum absolute atomic E-state index is 0.00635. The monoisotopic (exact) mass is 810 g/mol. The van der Waals surface area contributed by atoms with E-state index in [0.717, 1.165) is 56.9 Å². The van der Waals surface area contributed by atoms with Gasteiger partial charge in [0.2, 0.25) is 0 Å². The summed E-state index contributed by atoms with van der Waals surface area (Å²) in [4.78, 5) is 0. The van der Waals surface area contributed by atoms with Crippen molar-refractivity contribution in [2.75, 3.05) is 20.3 Å². The van der Waals surface area contributed by atoms with Gasteiger partial charge in [-0.3, -0.25) is 0 Å². The lowest BCUT2D eigenvalue weighted by Crippen LogP contribution is -2.63. The fourth-order valence-corrected chi connectivity index (χ4v) is 14.7. The molecule has 0 aromatic rings. The molecule has 2 spiro atoms. The van der Waals surface area contributed by atoms with Crippen LogP contribution < -0.4 is 0 Å². The van der Waals surface area contributed by atoms with Crippen LogP contribution in [0.5, 0.6) is 0 Å². The Labute approximate surface area is 336 Å². The Bertz CT molecular complexity index is 1510. The molecule has 8 fully saturated rings. The third-order valence-electron chi connectivity index (χ3n) is 18.0. The molecule has 57 heavy (non-hydrogen) atoms. The Morgan fingerprint density at radius 1 is 0.684 bits per heavy atom. The summed E-state index contributed by atoms with van der Waals surface area (Å²) in [5.74, 6) is 0.849. The molecule has 0 radical (unpaired) electrons. The first kappa shape index (κ1) is 42.9. The van der Waals surface area contributed by atoms with E-state index >= 15 is 0 Å². The van der Waals surface area contributed by atoms with Crippen LogP contribution in [0, 0.1) is 50.7 Å². The average molecular weight is 811 g/mol. The van der Waals surface area contributed by atoms with E-state index in [1.165, 1.54) is 6.92 Å². The van der Waals surface area contributed by atoms with Gasteiger partial charge in [-0.2, -0.15) is 0 Å². The molecule has 8 N–H and O–H groups in total. The lowest BCUT2D eigenvalue weighted by atomic mass is 9.41. The van der Waals surface area contributed by atoms with E-state index in [4.69, 9.17) is 28.4 Å². The van der Waals surface area contributed by atoms with E-state index in [1.54, 1.807) is 7.11 Å². The van der Waals surface area contributed by atoms with E-state index in [-0.39, 0.29) is 58.7 Å². The topological polar surface area (TPSA) is 217 Å². The van der Waals surface area contributed by atoms with E-state index in [1.807, 2.05) is 19.9 Å². The van der Waals surface area contributed by atoms with Crippen molar-refractivity contribution in [1.29, 1.82) is 0 Å². The van der Waals surface area contributed by atoms with Crippen molar-refractivity contribution >= 4 is 0 Å². The number of rotatable bonds is 9. The van der Waals surface area contributed by atoms with Gasteiger partial charge in [-0.15, -0.1) is 0 Å². The molecule has 5 aliphatic carbocycles. The Balaban J connectivity index is 0.972. The summed E-state index contributed by atoms with van der Waals surface area (Å²) >= 11 is 0. The molecule has 0 aromatic carbocycles. The highest BCUT2D eigenvalue weighted by molar-refractivity contribution is 5.31. The molecule has 5 saturated carbocycles. The molecule has 3 saturated heterocycles. The highest BCUT2D eigenvalue weighted by Crippen LogP contribution is 2.89. The largest absolute Gasteiger partial charge is 0.396 e. The molecule has 2 unspecified atom stereocenters. The molecule has 0 bridgehead atoms. The summed E-state index contributed by atoms with van der Waals surface area (Å²) in [6, 6.07) is 0. The first-order valence-electron chi connectivity index (χ1n) is 21.6. The predicted molar refractivity (Wildman–Crippen MR) is 203 cm³/mol. The van der Waals surface area contributed by atoms with Crippen molar-refractivity contribution in [3.63, 3.8) is 0 Å². The number of ether oxygens (including phenoxy) is 6. The summed E-state index contributed by atoms with van der Waals surface area (Å²) < 4.78 is 36.1. The fourth-order valence-electron chi connectivity index (χ4n) is 14.7. The summed E-state index contributed by atoms with van der Waals surface area (Å²) in [7, 11) is 1.69. The van der Waals surface area contributed by atoms with Crippen molar-refractivity contribution in [3.8, 4) is 0 Å². The van der Waals surface area contributed by atoms with Gasteiger partial charge in [0.25, 0.3) is 0 Å². The van der Waals surface area contributed by atoms with Gasteiger partial charge < -0.3 is 69.3 Å². The second-order valence-corrected chi connectivity index (χ2v) is 20.5. The zero-order valence-electron chi connectivity index (χ0n) is 34.8. The van der Waals surface area contributed by atoms with Gasteiger partial charge in [-0.25, -0.2) is 0 Å². The molecule has 23 atom stereocenters. The number of hydrogen-bond donors (Lipinski definition) is 8. The summed E-state index contributed by atoms with van der Waals surface area (Å²) in [5.41, 5.74) is 0.750. The number of fused-ring (bicyclic) bond motifs is 2. The number of aliphatic hydroxyl groups excluding tert-OH is 8. The minimum atomic E-state index is -1.62. The normalized spacial score (nSPS) is 58.3. The van der Waals surface area contributed by atoms with Crippen molar-refractivity contribution in [2.24, 2.45) is 50.7 Å². The van der Waals surface area contributed by atoms with Gasteiger partial charge >= 0.3 is 0 Å². The Hall–Kier alpha value is -0.820. The lowest BCUT2D eigenvalue weighted by Gasteiger charge is -2.64. The average Bonchev–Trinajstić information content (AvgIpc) is 3.64. The second kappa shape index (κ2) is 14.9. The van der Waals surface area contributed by atoms with Crippen molar-refractivity contribution < 1.29 is 69.3 Å². The van der Waals surface area contributed by atoms with Gasteiger partial charge in [-0.05, 0) is 118 Å². The van der Waals surface area contributed by atoms with Crippen molar-refractivity contribution in [2.45, 2.75) is 185 Å². The molecule has 3 aliphatic heterocycles. The van der Waals surface area contributed by atoms with Crippen LogP contribution in [0.4, 0.5) is 0 Å². The molecule has 326 valence electrons. The molecule has 3 heterocycles. The Morgan fingerprint density at radius 2 is 1.35 bits per heavy atom. The number of aliphatic hydroxyl groups is 8. The number of allylic oxidation sites excluding steroid dienone is 1. The minimum Gasteiger partial charge on any atom is -0.396 e. The first-order chi connectivity index (χ1) is 26.8. The van der Waals surface area contributed by atoms with Crippen LogP contribution in [-0.2, 0) is 28.4 Å². The molecule has 8 rings (SSSR count). The van der Waals surface area contributed by atoms with Gasteiger partial charge in [0, 0.05) is 18.4 Å². The van der Waals surface area contributed by atoms with Crippen LogP contribution in [0.2, 0.25) is 0 Å². The summed E-state index contributed by atoms with van der Waals surface area (Å²) in [5, 5.41) is 86.6. The maximum Gasteiger partial charge on any atom is 0.186 e. The van der Waals surface area contributed by atoms with Crippen LogP contribution in [0.3, 0.4) is 0 Å². The molecule has 8 aliphatic rings. The van der Waals surface area contributed by atoms with Crippen molar-refractivity contribution in [3.05, 3.63) is 11.6 Å². The zero-order valence-corrected chi connectivity index (χ0v) is 34.8. The lowest BCUT2D eigenvalue weighted by molar-refractivity contribution is -0.343. The predicted octanol–water partition coefficient (Wildman–Crippen LogP) is 1.75. The maximum absolute atomic E-state index is 11.7. The smallest absolute Gasteiger partial charge is 0.186 e. The van der Waals surface area contributed by atoms with Gasteiger partial charge in [0.1, 0.15) is 48.8 Å². The van der Waals surface area contributed by atoms with Crippen molar-refractivity contribution in [1.82, 2.24) is 0 Å². The summed E-state index contributed by atoms with van der Waals surface area (Å²) in [6.45, 7) is 12.2.